The number of rotatable bonds is 3. The maximum Gasteiger partial charge on any atom is 0.0707 e. The van der Waals surface area contributed by atoms with E-state index in [9.17, 15) is 0 Å². The van der Waals surface area contributed by atoms with Crippen molar-refractivity contribution in [3.05, 3.63) is 0 Å². The third kappa shape index (κ3) is 2.73. The van der Waals surface area contributed by atoms with Gasteiger partial charge >= 0.3 is 0 Å². The molecule has 1 N–H and O–H groups in total. The van der Waals surface area contributed by atoms with Crippen LogP contribution in [-0.2, 0) is 9.47 Å². The summed E-state index contributed by atoms with van der Waals surface area (Å²) in [6.45, 7) is 0.913. The third-order valence-corrected chi connectivity index (χ3v) is 5.18. The molecule has 2 saturated carbocycles. The van der Waals surface area contributed by atoms with Crippen molar-refractivity contribution >= 4 is 0 Å². The standard InChI is InChI=1S/C15H27NO2/c1-16-12-3-5-13(6-4-12)18-14-7-10-17-15(11-14)8-2-9-15/h12-14,16H,2-11H2,1H3. The Hall–Kier alpha value is -0.120. The van der Waals surface area contributed by atoms with E-state index in [-0.39, 0.29) is 5.60 Å². The van der Waals surface area contributed by atoms with E-state index >= 15 is 0 Å². The molecular formula is C15H27NO2. The summed E-state index contributed by atoms with van der Waals surface area (Å²) in [5.74, 6) is 0. The van der Waals surface area contributed by atoms with E-state index in [4.69, 9.17) is 9.47 Å². The predicted octanol–water partition coefficient (Wildman–Crippen LogP) is 2.64. The van der Waals surface area contributed by atoms with Crippen molar-refractivity contribution in [3.63, 3.8) is 0 Å². The number of hydrogen-bond donors (Lipinski definition) is 1. The van der Waals surface area contributed by atoms with E-state index in [1.54, 1.807) is 0 Å². The average molecular weight is 253 g/mol. The summed E-state index contributed by atoms with van der Waals surface area (Å²) in [5.41, 5.74) is 0.227. The molecule has 0 aromatic carbocycles. The monoisotopic (exact) mass is 253 g/mol. The highest BCUT2D eigenvalue weighted by Gasteiger charge is 2.43. The van der Waals surface area contributed by atoms with Crippen LogP contribution in [0, 0.1) is 0 Å². The molecule has 1 heterocycles. The molecule has 0 aromatic heterocycles. The zero-order chi connectivity index (χ0) is 12.4. The van der Waals surface area contributed by atoms with Gasteiger partial charge in [-0.1, -0.05) is 0 Å². The van der Waals surface area contributed by atoms with E-state index < -0.39 is 0 Å². The van der Waals surface area contributed by atoms with E-state index in [1.165, 1.54) is 44.9 Å². The third-order valence-electron chi connectivity index (χ3n) is 5.18. The summed E-state index contributed by atoms with van der Waals surface area (Å²) >= 11 is 0. The maximum atomic E-state index is 6.35. The Morgan fingerprint density at radius 3 is 2.44 bits per heavy atom. The molecule has 104 valence electrons. The van der Waals surface area contributed by atoms with E-state index in [0.717, 1.165) is 25.5 Å². The Balaban J connectivity index is 1.45. The summed E-state index contributed by atoms with van der Waals surface area (Å²) in [7, 11) is 2.07. The molecule has 1 spiro atoms. The fraction of sp³-hybridized carbons (Fsp3) is 1.00. The van der Waals surface area contributed by atoms with Gasteiger partial charge in [0.1, 0.15) is 0 Å². The molecule has 18 heavy (non-hydrogen) atoms. The minimum atomic E-state index is 0.227. The Labute approximate surface area is 111 Å². The molecule has 1 aliphatic heterocycles. The van der Waals surface area contributed by atoms with Gasteiger partial charge in [-0.05, 0) is 58.4 Å². The second kappa shape index (κ2) is 5.48. The lowest BCUT2D eigenvalue weighted by molar-refractivity contribution is -0.181. The zero-order valence-corrected chi connectivity index (χ0v) is 11.6. The molecule has 3 nitrogen and oxygen atoms in total. The van der Waals surface area contributed by atoms with E-state index in [0.29, 0.717) is 12.2 Å². The molecule has 3 heteroatoms. The van der Waals surface area contributed by atoms with Crippen molar-refractivity contribution in [2.45, 2.75) is 81.6 Å². The van der Waals surface area contributed by atoms with Crippen LogP contribution in [0.3, 0.4) is 0 Å². The van der Waals surface area contributed by atoms with Crippen LogP contribution in [0.2, 0.25) is 0 Å². The van der Waals surface area contributed by atoms with Crippen molar-refractivity contribution < 1.29 is 9.47 Å². The van der Waals surface area contributed by atoms with Crippen LogP contribution in [0.15, 0.2) is 0 Å². The summed E-state index contributed by atoms with van der Waals surface area (Å²) in [5, 5.41) is 3.38. The second-order valence-electron chi connectivity index (χ2n) is 6.40. The Bertz CT molecular complexity index is 270. The molecule has 1 saturated heterocycles. The SMILES string of the molecule is CNC1CCC(OC2CCOC3(CCC3)C2)CC1. The molecule has 0 amide bonds. The quantitative estimate of drug-likeness (QED) is 0.838. The van der Waals surface area contributed by atoms with Crippen molar-refractivity contribution in [3.8, 4) is 0 Å². The molecule has 3 aliphatic rings. The molecule has 3 rings (SSSR count). The molecule has 0 radical (unpaired) electrons. The predicted molar refractivity (Wildman–Crippen MR) is 71.7 cm³/mol. The van der Waals surface area contributed by atoms with Crippen molar-refractivity contribution in [2.24, 2.45) is 0 Å². The summed E-state index contributed by atoms with van der Waals surface area (Å²) in [6, 6.07) is 0.720. The van der Waals surface area contributed by atoms with Crippen molar-refractivity contribution in [1.29, 1.82) is 0 Å². The Morgan fingerprint density at radius 1 is 1.06 bits per heavy atom. The number of hydrogen-bond acceptors (Lipinski definition) is 3. The Morgan fingerprint density at radius 2 is 1.83 bits per heavy atom. The van der Waals surface area contributed by atoms with Crippen LogP contribution >= 0.6 is 0 Å². The Kier molecular flexibility index (Phi) is 3.92. The normalized spacial score (nSPS) is 39.5. The first kappa shape index (κ1) is 12.9. The van der Waals surface area contributed by atoms with Gasteiger partial charge in [-0.2, -0.15) is 0 Å². The van der Waals surface area contributed by atoms with E-state index in [2.05, 4.69) is 12.4 Å². The molecule has 3 fully saturated rings. The lowest BCUT2D eigenvalue weighted by Gasteiger charge is -2.47. The number of ether oxygens (including phenoxy) is 2. The lowest BCUT2D eigenvalue weighted by atomic mass is 9.74. The zero-order valence-electron chi connectivity index (χ0n) is 11.6. The lowest BCUT2D eigenvalue weighted by Crippen LogP contribution is -2.48. The summed E-state index contributed by atoms with van der Waals surface area (Å²) < 4.78 is 12.3. The van der Waals surface area contributed by atoms with E-state index in [1.807, 2.05) is 0 Å². The highest BCUT2D eigenvalue weighted by atomic mass is 16.5. The molecule has 2 aliphatic carbocycles. The van der Waals surface area contributed by atoms with Crippen LogP contribution < -0.4 is 5.32 Å². The molecular weight excluding hydrogens is 226 g/mol. The van der Waals surface area contributed by atoms with Crippen LogP contribution in [0.5, 0.6) is 0 Å². The van der Waals surface area contributed by atoms with Gasteiger partial charge in [-0.3, -0.25) is 0 Å². The molecule has 0 aromatic rings. The van der Waals surface area contributed by atoms with Gasteiger partial charge in [0.15, 0.2) is 0 Å². The van der Waals surface area contributed by atoms with Gasteiger partial charge in [0.2, 0.25) is 0 Å². The van der Waals surface area contributed by atoms with Gasteiger partial charge in [0.05, 0.1) is 17.8 Å². The molecule has 1 atom stereocenters. The first-order valence-electron chi connectivity index (χ1n) is 7.76. The topological polar surface area (TPSA) is 30.5 Å². The summed E-state index contributed by atoms with van der Waals surface area (Å²) in [4.78, 5) is 0. The second-order valence-corrected chi connectivity index (χ2v) is 6.40. The van der Waals surface area contributed by atoms with Gasteiger partial charge in [0, 0.05) is 19.1 Å². The fourth-order valence-corrected chi connectivity index (χ4v) is 3.78. The molecule has 1 unspecified atom stereocenters. The van der Waals surface area contributed by atoms with Crippen LogP contribution in [0.1, 0.15) is 57.8 Å². The maximum absolute atomic E-state index is 6.35. The summed E-state index contributed by atoms with van der Waals surface area (Å²) in [6.07, 6.45) is 12.1. The first-order chi connectivity index (χ1) is 8.80. The first-order valence-corrected chi connectivity index (χ1v) is 7.76. The van der Waals surface area contributed by atoms with Crippen LogP contribution in [-0.4, -0.2) is 37.5 Å². The van der Waals surface area contributed by atoms with Crippen LogP contribution in [0.25, 0.3) is 0 Å². The van der Waals surface area contributed by atoms with Gasteiger partial charge in [0.25, 0.3) is 0 Å². The molecule has 0 bridgehead atoms. The largest absolute Gasteiger partial charge is 0.375 e. The van der Waals surface area contributed by atoms with Gasteiger partial charge in [-0.25, -0.2) is 0 Å². The average Bonchev–Trinajstić information content (AvgIpc) is 2.38. The van der Waals surface area contributed by atoms with Crippen molar-refractivity contribution in [2.75, 3.05) is 13.7 Å². The van der Waals surface area contributed by atoms with Gasteiger partial charge in [-0.15, -0.1) is 0 Å². The highest BCUT2D eigenvalue weighted by molar-refractivity contribution is 4.94. The smallest absolute Gasteiger partial charge is 0.0707 e. The minimum Gasteiger partial charge on any atom is -0.375 e. The fourth-order valence-electron chi connectivity index (χ4n) is 3.78. The van der Waals surface area contributed by atoms with Gasteiger partial charge < -0.3 is 14.8 Å². The highest BCUT2D eigenvalue weighted by Crippen LogP contribution is 2.43. The van der Waals surface area contributed by atoms with Crippen LogP contribution in [0.4, 0.5) is 0 Å². The minimum absolute atomic E-state index is 0.227. The number of nitrogens with one attached hydrogen (secondary N) is 1. The van der Waals surface area contributed by atoms with Crippen molar-refractivity contribution in [1.82, 2.24) is 5.32 Å².